The molecule has 0 spiro atoms. The van der Waals surface area contributed by atoms with E-state index in [4.69, 9.17) is 10.2 Å². The SMILES string of the molecule is CN(Cc1ccco1)C(=O)c1cc(O)ccc1N. The number of rotatable bonds is 3. The smallest absolute Gasteiger partial charge is 0.256 e. The molecule has 1 aromatic carbocycles. The molecule has 0 saturated heterocycles. The van der Waals surface area contributed by atoms with Crippen molar-refractivity contribution in [1.82, 2.24) is 4.90 Å². The third kappa shape index (κ3) is 2.45. The lowest BCUT2D eigenvalue weighted by Crippen LogP contribution is -2.26. The highest BCUT2D eigenvalue weighted by Gasteiger charge is 2.16. The van der Waals surface area contributed by atoms with Gasteiger partial charge in [-0.1, -0.05) is 0 Å². The van der Waals surface area contributed by atoms with Crippen molar-refractivity contribution in [2.75, 3.05) is 12.8 Å². The van der Waals surface area contributed by atoms with Crippen molar-refractivity contribution in [2.45, 2.75) is 6.54 Å². The summed E-state index contributed by atoms with van der Waals surface area (Å²) in [6.07, 6.45) is 1.55. The molecule has 2 rings (SSSR count). The highest BCUT2D eigenvalue weighted by atomic mass is 16.3. The summed E-state index contributed by atoms with van der Waals surface area (Å²) >= 11 is 0. The summed E-state index contributed by atoms with van der Waals surface area (Å²) in [5.41, 5.74) is 6.34. The van der Waals surface area contributed by atoms with Gasteiger partial charge in [0, 0.05) is 12.7 Å². The van der Waals surface area contributed by atoms with Crippen LogP contribution in [0.5, 0.6) is 5.75 Å². The summed E-state index contributed by atoms with van der Waals surface area (Å²) in [4.78, 5) is 13.6. The maximum Gasteiger partial charge on any atom is 0.256 e. The van der Waals surface area contributed by atoms with E-state index in [-0.39, 0.29) is 17.2 Å². The Bertz CT molecular complexity index is 549. The van der Waals surface area contributed by atoms with Gasteiger partial charge in [-0.2, -0.15) is 0 Å². The third-order valence-corrected chi connectivity index (χ3v) is 2.59. The highest BCUT2D eigenvalue weighted by Crippen LogP contribution is 2.20. The Morgan fingerprint density at radius 3 is 2.89 bits per heavy atom. The number of furan rings is 1. The average Bonchev–Trinajstić information content (AvgIpc) is 2.84. The van der Waals surface area contributed by atoms with Crippen LogP contribution in [0.15, 0.2) is 41.0 Å². The molecule has 0 radical (unpaired) electrons. The fourth-order valence-corrected chi connectivity index (χ4v) is 1.64. The molecule has 0 aliphatic carbocycles. The van der Waals surface area contributed by atoms with E-state index < -0.39 is 0 Å². The highest BCUT2D eigenvalue weighted by molar-refractivity contribution is 5.99. The molecule has 5 heteroatoms. The predicted molar refractivity (Wildman–Crippen MR) is 67.0 cm³/mol. The van der Waals surface area contributed by atoms with Crippen LogP contribution in [-0.4, -0.2) is 23.0 Å². The van der Waals surface area contributed by atoms with E-state index in [9.17, 15) is 9.90 Å². The van der Waals surface area contributed by atoms with E-state index in [1.54, 1.807) is 25.4 Å². The number of hydrogen-bond donors (Lipinski definition) is 2. The van der Waals surface area contributed by atoms with Gasteiger partial charge < -0.3 is 20.2 Å². The van der Waals surface area contributed by atoms with Gasteiger partial charge in [0.05, 0.1) is 18.4 Å². The fourth-order valence-electron chi connectivity index (χ4n) is 1.64. The number of hydrogen-bond acceptors (Lipinski definition) is 4. The molecular weight excluding hydrogens is 232 g/mol. The van der Waals surface area contributed by atoms with Crippen LogP contribution in [0, 0.1) is 0 Å². The van der Waals surface area contributed by atoms with E-state index in [2.05, 4.69) is 0 Å². The summed E-state index contributed by atoms with van der Waals surface area (Å²) in [5, 5.41) is 9.38. The summed E-state index contributed by atoms with van der Waals surface area (Å²) in [5.74, 6) is 0.434. The Balaban J connectivity index is 2.17. The van der Waals surface area contributed by atoms with Gasteiger partial charge in [0.1, 0.15) is 11.5 Å². The van der Waals surface area contributed by atoms with Gasteiger partial charge in [-0.25, -0.2) is 0 Å². The zero-order chi connectivity index (χ0) is 13.1. The molecule has 5 nitrogen and oxygen atoms in total. The number of phenols is 1. The summed E-state index contributed by atoms with van der Waals surface area (Å²) in [6.45, 7) is 0.348. The molecule has 3 N–H and O–H groups in total. The van der Waals surface area contributed by atoms with E-state index in [0.717, 1.165) is 0 Å². The summed E-state index contributed by atoms with van der Waals surface area (Å²) in [7, 11) is 1.65. The first kappa shape index (κ1) is 12.0. The first-order chi connectivity index (χ1) is 8.58. The Kier molecular flexibility index (Phi) is 3.23. The van der Waals surface area contributed by atoms with Gasteiger partial charge in [0.25, 0.3) is 5.91 Å². The van der Waals surface area contributed by atoms with Gasteiger partial charge in [-0.3, -0.25) is 4.79 Å². The van der Waals surface area contributed by atoms with Crippen molar-refractivity contribution < 1.29 is 14.3 Å². The fraction of sp³-hybridized carbons (Fsp3) is 0.154. The normalized spacial score (nSPS) is 10.3. The maximum atomic E-state index is 12.1. The van der Waals surface area contributed by atoms with Crippen molar-refractivity contribution in [3.63, 3.8) is 0 Å². The van der Waals surface area contributed by atoms with Crippen LogP contribution < -0.4 is 5.73 Å². The largest absolute Gasteiger partial charge is 0.508 e. The molecule has 1 amide bonds. The molecule has 0 saturated carbocycles. The minimum absolute atomic E-state index is 0.0129. The van der Waals surface area contributed by atoms with Crippen LogP contribution in [0.4, 0.5) is 5.69 Å². The van der Waals surface area contributed by atoms with Crippen LogP contribution in [-0.2, 0) is 6.54 Å². The van der Waals surface area contributed by atoms with Crippen molar-refractivity contribution in [2.24, 2.45) is 0 Å². The lowest BCUT2D eigenvalue weighted by Gasteiger charge is -2.17. The second kappa shape index (κ2) is 4.83. The number of amides is 1. The Morgan fingerprint density at radius 1 is 1.44 bits per heavy atom. The van der Waals surface area contributed by atoms with Gasteiger partial charge >= 0.3 is 0 Å². The third-order valence-electron chi connectivity index (χ3n) is 2.59. The van der Waals surface area contributed by atoms with Crippen molar-refractivity contribution >= 4 is 11.6 Å². The van der Waals surface area contributed by atoms with Gasteiger partial charge in [-0.05, 0) is 30.3 Å². The Hall–Kier alpha value is -2.43. The van der Waals surface area contributed by atoms with Crippen LogP contribution >= 0.6 is 0 Å². The molecule has 0 unspecified atom stereocenters. The second-order valence-electron chi connectivity index (χ2n) is 4.01. The lowest BCUT2D eigenvalue weighted by molar-refractivity contribution is 0.0776. The van der Waals surface area contributed by atoms with E-state index in [0.29, 0.717) is 18.0 Å². The first-order valence-corrected chi connectivity index (χ1v) is 5.44. The summed E-state index contributed by atoms with van der Waals surface area (Å²) in [6, 6.07) is 7.85. The Morgan fingerprint density at radius 2 is 2.22 bits per heavy atom. The van der Waals surface area contributed by atoms with Crippen LogP contribution in [0.2, 0.25) is 0 Å². The molecular formula is C13H14N2O3. The molecule has 2 aromatic rings. The number of aromatic hydroxyl groups is 1. The zero-order valence-corrected chi connectivity index (χ0v) is 9.96. The number of nitrogens with two attached hydrogens (primary N) is 1. The van der Waals surface area contributed by atoms with Crippen molar-refractivity contribution in [1.29, 1.82) is 0 Å². The molecule has 0 fully saturated rings. The molecule has 1 aromatic heterocycles. The number of carbonyl (C=O) groups is 1. The molecule has 94 valence electrons. The van der Waals surface area contributed by atoms with Gasteiger partial charge in [-0.15, -0.1) is 0 Å². The standard InChI is InChI=1S/C13H14N2O3/c1-15(8-10-3-2-6-18-10)13(17)11-7-9(16)4-5-12(11)14/h2-7,16H,8,14H2,1H3. The average molecular weight is 246 g/mol. The van der Waals surface area contributed by atoms with Gasteiger partial charge in [0.15, 0.2) is 0 Å². The monoisotopic (exact) mass is 246 g/mol. The number of nitrogen functional groups attached to an aromatic ring is 1. The molecule has 18 heavy (non-hydrogen) atoms. The molecule has 0 bridgehead atoms. The second-order valence-corrected chi connectivity index (χ2v) is 4.01. The quantitative estimate of drug-likeness (QED) is 0.639. The number of benzene rings is 1. The van der Waals surface area contributed by atoms with Crippen molar-refractivity contribution in [3.8, 4) is 5.75 Å². The topological polar surface area (TPSA) is 79.7 Å². The molecule has 0 aliphatic rings. The Labute approximate surface area is 104 Å². The molecule has 0 atom stereocenters. The van der Waals surface area contributed by atoms with Crippen molar-refractivity contribution in [3.05, 3.63) is 47.9 Å². The number of phenolic OH excluding ortho intramolecular Hbond substituents is 1. The van der Waals surface area contributed by atoms with Crippen LogP contribution in [0.25, 0.3) is 0 Å². The number of carbonyl (C=O) groups excluding carboxylic acids is 1. The van der Waals surface area contributed by atoms with E-state index in [1.807, 2.05) is 0 Å². The first-order valence-electron chi connectivity index (χ1n) is 5.44. The summed E-state index contributed by atoms with van der Waals surface area (Å²) < 4.78 is 5.17. The minimum Gasteiger partial charge on any atom is -0.508 e. The number of anilines is 1. The maximum absolute atomic E-state index is 12.1. The number of nitrogens with zero attached hydrogens (tertiary/aromatic N) is 1. The van der Waals surface area contributed by atoms with Crippen LogP contribution in [0.1, 0.15) is 16.1 Å². The predicted octanol–water partition coefficient (Wildman–Crippen LogP) is 1.84. The molecule has 0 aliphatic heterocycles. The molecule has 1 heterocycles. The van der Waals surface area contributed by atoms with E-state index in [1.165, 1.54) is 23.1 Å². The van der Waals surface area contributed by atoms with Gasteiger partial charge in [0.2, 0.25) is 0 Å². The lowest BCUT2D eigenvalue weighted by atomic mass is 10.1. The minimum atomic E-state index is -0.264. The van der Waals surface area contributed by atoms with E-state index >= 15 is 0 Å². The van der Waals surface area contributed by atoms with Crippen LogP contribution in [0.3, 0.4) is 0 Å². The zero-order valence-electron chi connectivity index (χ0n) is 9.96.